The highest BCUT2D eigenvalue weighted by atomic mass is 35.5. The van der Waals surface area contributed by atoms with E-state index in [4.69, 9.17) is 32.7 Å². The molecular formula is C16H14Cl2O3. The first-order valence-corrected chi connectivity index (χ1v) is 7.00. The van der Waals surface area contributed by atoms with Crippen molar-refractivity contribution in [3.05, 3.63) is 57.6 Å². The highest BCUT2D eigenvalue weighted by Gasteiger charge is 2.13. The van der Waals surface area contributed by atoms with E-state index in [1.54, 1.807) is 44.6 Å². The second-order valence-corrected chi connectivity index (χ2v) is 5.26. The molecule has 21 heavy (non-hydrogen) atoms. The van der Waals surface area contributed by atoms with Gasteiger partial charge in [-0.1, -0.05) is 29.3 Å². The smallest absolute Gasteiger partial charge is 0.168 e. The van der Waals surface area contributed by atoms with Gasteiger partial charge < -0.3 is 9.47 Å². The van der Waals surface area contributed by atoms with Crippen LogP contribution in [0.1, 0.15) is 15.9 Å². The molecule has 0 spiro atoms. The van der Waals surface area contributed by atoms with Gasteiger partial charge in [0, 0.05) is 17.0 Å². The van der Waals surface area contributed by atoms with Crippen LogP contribution in [-0.4, -0.2) is 20.0 Å². The van der Waals surface area contributed by atoms with Crippen molar-refractivity contribution >= 4 is 29.0 Å². The number of carbonyl (C=O) groups is 1. The lowest BCUT2D eigenvalue weighted by Gasteiger charge is -2.09. The van der Waals surface area contributed by atoms with E-state index in [2.05, 4.69) is 0 Å². The fourth-order valence-electron chi connectivity index (χ4n) is 1.99. The summed E-state index contributed by atoms with van der Waals surface area (Å²) in [5.41, 5.74) is 1.28. The molecule has 0 saturated heterocycles. The molecule has 0 amide bonds. The summed E-state index contributed by atoms with van der Waals surface area (Å²) in [4.78, 5) is 12.3. The van der Waals surface area contributed by atoms with E-state index in [-0.39, 0.29) is 12.2 Å². The molecule has 2 rings (SSSR count). The highest BCUT2D eigenvalue weighted by molar-refractivity contribution is 6.36. The second-order valence-electron chi connectivity index (χ2n) is 4.41. The van der Waals surface area contributed by atoms with Crippen molar-refractivity contribution in [3.8, 4) is 11.5 Å². The van der Waals surface area contributed by atoms with E-state index in [1.807, 2.05) is 6.07 Å². The molecule has 0 N–H and O–H groups in total. The second kappa shape index (κ2) is 6.83. The van der Waals surface area contributed by atoms with E-state index < -0.39 is 0 Å². The number of carbonyl (C=O) groups excluding carboxylic acids is 1. The molecule has 0 fully saturated rings. The van der Waals surface area contributed by atoms with E-state index in [0.717, 1.165) is 5.56 Å². The van der Waals surface area contributed by atoms with Crippen LogP contribution in [-0.2, 0) is 6.42 Å². The average Bonchev–Trinajstić information content (AvgIpc) is 2.46. The Morgan fingerprint density at radius 2 is 1.71 bits per heavy atom. The number of ether oxygens (including phenoxy) is 2. The monoisotopic (exact) mass is 324 g/mol. The molecule has 0 atom stereocenters. The van der Waals surface area contributed by atoms with Crippen molar-refractivity contribution in [2.24, 2.45) is 0 Å². The summed E-state index contributed by atoms with van der Waals surface area (Å²) in [6.07, 6.45) is 0.224. The zero-order valence-electron chi connectivity index (χ0n) is 11.7. The molecular weight excluding hydrogens is 311 g/mol. The summed E-state index contributed by atoms with van der Waals surface area (Å²) in [6, 6.07) is 10.2. The summed E-state index contributed by atoms with van der Waals surface area (Å²) in [5, 5.41) is 0.857. The maximum atomic E-state index is 12.3. The van der Waals surface area contributed by atoms with Crippen LogP contribution >= 0.6 is 23.2 Å². The number of rotatable bonds is 5. The van der Waals surface area contributed by atoms with E-state index in [1.165, 1.54) is 0 Å². The Kier molecular flexibility index (Phi) is 5.10. The minimum Gasteiger partial charge on any atom is -0.493 e. The molecule has 0 unspecified atom stereocenters. The fourth-order valence-corrected chi connectivity index (χ4v) is 2.50. The maximum Gasteiger partial charge on any atom is 0.168 e. The quantitative estimate of drug-likeness (QED) is 0.763. The van der Waals surface area contributed by atoms with Gasteiger partial charge >= 0.3 is 0 Å². The molecule has 3 nitrogen and oxygen atoms in total. The predicted octanol–water partition coefficient (Wildman–Crippen LogP) is 4.44. The van der Waals surface area contributed by atoms with Gasteiger partial charge in [-0.3, -0.25) is 4.79 Å². The molecule has 0 aliphatic carbocycles. The van der Waals surface area contributed by atoms with Crippen molar-refractivity contribution in [3.63, 3.8) is 0 Å². The summed E-state index contributed by atoms with van der Waals surface area (Å²) in [5.74, 6) is 1.13. The van der Waals surface area contributed by atoms with E-state index >= 15 is 0 Å². The van der Waals surface area contributed by atoms with Crippen LogP contribution in [0, 0.1) is 0 Å². The van der Waals surface area contributed by atoms with Crippen molar-refractivity contribution in [1.29, 1.82) is 0 Å². The Labute approximate surface area is 133 Å². The van der Waals surface area contributed by atoms with Gasteiger partial charge in [-0.2, -0.15) is 0 Å². The third-order valence-electron chi connectivity index (χ3n) is 3.04. The maximum absolute atomic E-state index is 12.3. The first-order chi connectivity index (χ1) is 10.0. The summed E-state index contributed by atoms with van der Waals surface area (Å²) >= 11 is 11.9. The Hall–Kier alpha value is -1.71. The van der Waals surface area contributed by atoms with Crippen LogP contribution in [0.25, 0.3) is 0 Å². The molecule has 0 radical (unpaired) electrons. The van der Waals surface area contributed by atoms with Gasteiger partial charge in [0.15, 0.2) is 17.3 Å². The highest BCUT2D eigenvalue weighted by Crippen LogP contribution is 2.29. The van der Waals surface area contributed by atoms with Gasteiger partial charge in [-0.15, -0.1) is 0 Å². The molecule has 2 aromatic rings. The first kappa shape index (κ1) is 15.7. The average molecular weight is 325 g/mol. The largest absolute Gasteiger partial charge is 0.493 e. The Bertz CT molecular complexity index is 669. The molecule has 0 aliphatic rings. The van der Waals surface area contributed by atoms with Crippen LogP contribution in [0.3, 0.4) is 0 Å². The standard InChI is InChI=1S/C16H14Cl2O3/c1-20-15-6-3-10(8-16(15)21-2)7-14(19)12-5-4-11(17)9-13(12)18/h3-6,8-9H,7H2,1-2H3. The summed E-state index contributed by atoms with van der Waals surface area (Å²) in [7, 11) is 3.12. The van der Waals surface area contributed by atoms with Crippen LogP contribution in [0.5, 0.6) is 11.5 Å². The lowest BCUT2D eigenvalue weighted by molar-refractivity contribution is 0.0993. The Morgan fingerprint density at radius 1 is 1.00 bits per heavy atom. The molecule has 0 aromatic heterocycles. The van der Waals surface area contributed by atoms with Gasteiger partial charge in [0.25, 0.3) is 0 Å². The van der Waals surface area contributed by atoms with Gasteiger partial charge in [0.1, 0.15) is 0 Å². The van der Waals surface area contributed by atoms with Crippen LogP contribution in [0.2, 0.25) is 10.0 Å². The Morgan fingerprint density at radius 3 is 2.33 bits per heavy atom. The van der Waals surface area contributed by atoms with Gasteiger partial charge in [-0.05, 0) is 35.9 Å². The molecule has 0 aliphatic heterocycles. The number of halogens is 2. The van der Waals surface area contributed by atoms with Crippen molar-refractivity contribution < 1.29 is 14.3 Å². The number of Topliss-reactive ketones (excluding diaryl/α,β-unsaturated/α-hetero) is 1. The minimum absolute atomic E-state index is 0.0797. The third kappa shape index (κ3) is 3.69. The number of hydrogen-bond donors (Lipinski definition) is 0. The minimum atomic E-state index is -0.0797. The molecule has 2 aromatic carbocycles. The lowest BCUT2D eigenvalue weighted by atomic mass is 10.0. The summed E-state index contributed by atoms with van der Waals surface area (Å²) in [6.45, 7) is 0. The van der Waals surface area contributed by atoms with Crippen molar-refractivity contribution in [2.75, 3.05) is 14.2 Å². The van der Waals surface area contributed by atoms with Crippen molar-refractivity contribution in [2.45, 2.75) is 6.42 Å². The van der Waals surface area contributed by atoms with Gasteiger partial charge in [0.05, 0.1) is 19.2 Å². The predicted molar refractivity (Wildman–Crippen MR) is 84.0 cm³/mol. The molecule has 110 valence electrons. The number of benzene rings is 2. The van der Waals surface area contributed by atoms with Crippen LogP contribution < -0.4 is 9.47 Å². The van der Waals surface area contributed by atoms with E-state index in [9.17, 15) is 4.79 Å². The number of hydrogen-bond acceptors (Lipinski definition) is 3. The van der Waals surface area contributed by atoms with Crippen LogP contribution in [0.15, 0.2) is 36.4 Å². The zero-order chi connectivity index (χ0) is 15.4. The normalized spacial score (nSPS) is 10.3. The number of methoxy groups -OCH3 is 2. The lowest BCUT2D eigenvalue weighted by Crippen LogP contribution is -2.05. The zero-order valence-corrected chi connectivity index (χ0v) is 13.2. The van der Waals surface area contributed by atoms with Crippen LogP contribution in [0.4, 0.5) is 0 Å². The van der Waals surface area contributed by atoms with Crippen molar-refractivity contribution in [1.82, 2.24) is 0 Å². The molecule has 0 saturated carbocycles. The van der Waals surface area contributed by atoms with Gasteiger partial charge in [-0.25, -0.2) is 0 Å². The number of ketones is 1. The fraction of sp³-hybridized carbons (Fsp3) is 0.188. The Balaban J connectivity index is 2.23. The summed E-state index contributed by atoms with van der Waals surface area (Å²) < 4.78 is 10.4. The SMILES string of the molecule is COc1ccc(CC(=O)c2ccc(Cl)cc2Cl)cc1OC. The van der Waals surface area contributed by atoms with E-state index in [0.29, 0.717) is 27.1 Å². The third-order valence-corrected chi connectivity index (χ3v) is 3.59. The molecule has 5 heteroatoms. The first-order valence-electron chi connectivity index (χ1n) is 6.24. The molecule has 0 bridgehead atoms. The molecule has 0 heterocycles. The topological polar surface area (TPSA) is 35.5 Å². The van der Waals surface area contributed by atoms with Gasteiger partial charge in [0.2, 0.25) is 0 Å².